The van der Waals surface area contributed by atoms with Crippen LogP contribution in [0.1, 0.15) is 32.4 Å². The Kier molecular flexibility index (Phi) is 4.00. The molecule has 1 N–H and O–H groups in total. The minimum atomic E-state index is -0.417. The molecule has 0 radical (unpaired) electrons. The Balaban J connectivity index is 1.95. The Hall–Kier alpha value is -2.73. The molecule has 1 unspecified atom stereocenters. The normalized spacial score (nSPS) is 16.7. The van der Waals surface area contributed by atoms with Gasteiger partial charge in [0.1, 0.15) is 0 Å². The van der Waals surface area contributed by atoms with Gasteiger partial charge in [-0.1, -0.05) is 11.6 Å². The van der Waals surface area contributed by atoms with E-state index in [9.17, 15) is 4.79 Å². The second-order valence-electron chi connectivity index (χ2n) is 6.52. The third-order valence-electron chi connectivity index (χ3n) is 4.31. The van der Waals surface area contributed by atoms with Crippen LogP contribution in [0.4, 0.5) is 5.95 Å². The highest BCUT2D eigenvalue weighted by Crippen LogP contribution is 2.40. The number of nitrogens with zero attached hydrogens (tertiary/aromatic N) is 2. The fourth-order valence-corrected chi connectivity index (χ4v) is 3.44. The standard InChI is InChI=1S/C19H18ClN3O3/c1-10(2)26-18(24)16-11(3)21-19-22-14-5-4-13(20)8-15(14)23(19)17(16)12-6-7-25-9-12/h4-10,17H,1-3H3,(H,21,22). The van der Waals surface area contributed by atoms with Crippen LogP contribution >= 0.6 is 11.6 Å². The number of carbonyl (C=O) groups excluding carboxylic acids is 1. The summed E-state index contributed by atoms with van der Waals surface area (Å²) >= 11 is 6.20. The van der Waals surface area contributed by atoms with E-state index in [4.69, 9.17) is 20.8 Å². The van der Waals surface area contributed by atoms with E-state index < -0.39 is 6.04 Å². The van der Waals surface area contributed by atoms with Gasteiger partial charge in [-0.25, -0.2) is 9.78 Å². The number of aromatic nitrogens is 2. The summed E-state index contributed by atoms with van der Waals surface area (Å²) < 4.78 is 12.7. The lowest BCUT2D eigenvalue weighted by Crippen LogP contribution is -2.29. The summed E-state index contributed by atoms with van der Waals surface area (Å²) in [6.45, 7) is 5.50. The van der Waals surface area contributed by atoms with Gasteiger partial charge in [0.2, 0.25) is 5.95 Å². The number of ether oxygens (including phenoxy) is 1. The van der Waals surface area contributed by atoms with Crippen molar-refractivity contribution < 1.29 is 13.9 Å². The summed E-state index contributed by atoms with van der Waals surface area (Å²) in [7, 11) is 0. The monoisotopic (exact) mass is 371 g/mol. The average molecular weight is 372 g/mol. The summed E-state index contributed by atoms with van der Waals surface area (Å²) in [4.78, 5) is 17.5. The topological polar surface area (TPSA) is 69.3 Å². The average Bonchev–Trinajstić information content (AvgIpc) is 3.20. The predicted molar refractivity (Wildman–Crippen MR) is 99.1 cm³/mol. The molecule has 0 saturated heterocycles. The van der Waals surface area contributed by atoms with Gasteiger partial charge < -0.3 is 14.5 Å². The van der Waals surface area contributed by atoms with Crippen LogP contribution in [0.5, 0.6) is 0 Å². The second-order valence-corrected chi connectivity index (χ2v) is 6.95. The number of benzene rings is 1. The number of allylic oxidation sites excluding steroid dienone is 1. The number of nitrogens with one attached hydrogen (secondary N) is 1. The molecule has 0 bridgehead atoms. The van der Waals surface area contributed by atoms with Crippen molar-refractivity contribution >= 4 is 34.6 Å². The molecule has 0 spiro atoms. The van der Waals surface area contributed by atoms with Crippen molar-refractivity contribution in [2.75, 3.05) is 5.32 Å². The van der Waals surface area contributed by atoms with E-state index >= 15 is 0 Å². The zero-order chi connectivity index (χ0) is 18.4. The number of hydrogen-bond donors (Lipinski definition) is 1. The zero-order valence-electron chi connectivity index (χ0n) is 14.6. The van der Waals surface area contributed by atoms with Crippen LogP contribution in [0.25, 0.3) is 11.0 Å². The number of imidazole rings is 1. The number of furan rings is 1. The Bertz CT molecular complexity index is 1020. The van der Waals surface area contributed by atoms with Gasteiger partial charge in [0.25, 0.3) is 0 Å². The highest BCUT2D eigenvalue weighted by Gasteiger charge is 2.35. The van der Waals surface area contributed by atoms with Crippen molar-refractivity contribution in [3.63, 3.8) is 0 Å². The Morgan fingerprint density at radius 2 is 2.19 bits per heavy atom. The van der Waals surface area contributed by atoms with Crippen LogP contribution in [0.3, 0.4) is 0 Å². The van der Waals surface area contributed by atoms with Gasteiger partial charge in [0.15, 0.2) is 0 Å². The van der Waals surface area contributed by atoms with Crippen molar-refractivity contribution in [3.05, 3.63) is 58.6 Å². The van der Waals surface area contributed by atoms with Crippen LogP contribution in [-0.4, -0.2) is 21.6 Å². The van der Waals surface area contributed by atoms with Crippen LogP contribution < -0.4 is 5.32 Å². The lowest BCUT2D eigenvalue weighted by molar-refractivity contribution is -0.143. The quantitative estimate of drug-likeness (QED) is 0.685. The summed E-state index contributed by atoms with van der Waals surface area (Å²) in [6, 6.07) is 6.92. The van der Waals surface area contributed by atoms with Crippen molar-refractivity contribution in [2.45, 2.75) is 32.9 Å². The molecule has 1 aliphatic heterocycles. The third kappa shape index (κ3) is 2.66. The number of carbonyl (C=O) groups is 1. The number of halogens is 1. The first-order valence-electron chi connectivity index (χ1n) is 8.34. The highest BCUT2D eigenvalue weighted by molar-refractivity contribution is 6.31. The van der Waals surface area contributed by atoms with Gasteiger partial charge in [0.05, 0.1) is 41.3 Å². The maximum absolute atomic E-state index is 12.8. The number of hydrogen-bond acceptors (Lipinski definition) is 5. The minimum Gasteiger partial charge on any atom is -0.472 e. The first-order valence-corrected chi connectivity index (χ1v) is 8.72. The van der Waals surface area contributed by atoms with Crippen LogP contribution in [0, 0.1) is 0 Å². The van der Waals surface area contributed by atoms with E-state index in [2.05, 4.69) is 10.3 Å². The van der Waals surface area contributed by atoms with Crippen molar-refractivity contribution in [1.82, 2.24) is 9.55 Å². The van der Waals surface area contributed by atoms with Gasteiger partial charge >= 0.3 is 5.97 Å². The first kappa shape index (κ1) is 16.7. The lowest BCUT2D eigenvalue weighted by atomic mass is 9.97. The van der Waals surface area contributed by atoms with E-state index in [0.29, 0.717) is 22.2 Å². The Labute approximate surface area is 155 Å². The zero-order valence-corrected chi connectivity index (χ0v) is 15.4. The number of rotatable bonds is 3. The van der Waals surface area contributed by atoms with Gasteiger partial charge in [-0.3, -0.25) is 4.57 Å². The van der Waals surface area contributed by atoms with Crippen LogP contribution in [0.15, 0.2) is 52.5 Å². The summed E-state index contributed by atoms with van der Waals surface area (Å²) in [5.41, 5.74) is 3.68. The van der Waals surface area contributed by atoms with Gasteiger partial charge in [-0.2, -0.15) is 0 Å². The fraction of sp³-hybridized carbons (Fsp3) is 0.263. The lowest BCUT2D eigenvalue weighted by Gasteiger charge is -2.29. The summed E-state index contributed by atoms with van der Waals surface area (Å²) in [5, 5.41) is 3.82. The predicted octanol–water partition coefficient (Wildman–Crippen LogP) is 4.52. The Morgan fingerprint density at radius 1 is 1.38 bits per heavy atom. The summed E-state index contributed by atoms with van der Waals surface area (Å²) in [5.74, 6) is 0.276. The fourth-order valence-electron chi connectivity index (χ4n) is 3.27. The molecule has 2 aromatic heterocycles. The largest absolute Gasteiger partial charge is 0.472 e. The molecule has 134 valence electrons. The van der Waals surface area contributed by atoms with Gasteiger partial charge in [0, 0.05) is 16.3 Å². The molecule has 7 heteroatoms. The molecule has 1 aromatic carbocycles. The molecule has 26 heavy (non-hydrogen) atoms. The van der Waals surface area contributed by atoms with E-state index in [-0.39, 0.29) is 12.1 Å². The molecule has 1 atom stereocenters. The van der Waals surface area contributed by atoms with Gasteiger partial charge in [-0.15, -0.1) is 0 Å². The number of esters is 1. The SMILES string of the molecule is CC1=C(C(=O)OC(C)C)C(c2ccoc2)n2c(nc3ccc(Cl)cc32)N1. The van der Waals surface area contributed by atoms with Crippen molar-refractivity contribution in [2.24, 2.45) is 0 Å². The first-order chi connectivity index (χ1) is 12.5. The molecular weight excluding hydrogens is 354 g/mol. The molecule has 6 nitrogen and oxygen atoms in total. The smallest absolute Gasteiger partial charge is 0.338 e. The minimum absolute atomic E-state index is 0.219. The number of fused-ring (bicyclic) bond motifs is 3. The molecule has 0 amide bonds. The Morgan fingerprint density at radius 3 is 2.88 bits per heavy atom. The van der Waals surface area contributed by atoms with Crippen molar-refractivity contribution in [1.29, 1.82) is 0 Å². The second kappa shape index (κ2) is 6.21. The van der Waals surface area contributed by atoms with Crippen LogP contribution in [-0.2, 0) is 9.53 Å². The van der Waals surface area contributed by atoms with E-state index in [1.807, 2.05) is 43.5 Å². The summed E-state index contributed by atoms with van der Waals surface area (Å²) in [6.07, 6.45) is 3.00. The molecule has 1 aliphatic rings. The van der Waals surface area contributed by atoms with E-state index in [1.165, 1.54) is 0 Å². The van der Waals surface area contributed by atoms with E-state index in [1.54, 1.807) is 18.6 Å². The van der Waals surface area contributed by atoms with Gasteiger partial charge in [-0.05, 0) is 45.0 Å². The maximum Gasteiger partial charge on any atom is 0.338 e. The molecular formula is C19H18ClN3O3. The van der Waals surface area contributed by atoms with E-state index in [0.717, 1.165) is 16.6 Å². The molecule has 4 rings (SSSR count). The maximum atomic E-state index is 12.8. The molecule has 0 fully saturated rings. The molecule has 3 aromatic rings. The highest BCUT2D eigenvalue weighted by atomic mass is 35.5. The van der Waals surface area contributed by atoms with Crippen LogP contribution in [0.2, 0.25) is 5.02 Å². The third-order valence-corrected chi connectivity index (χ3v) is 4.54. The molecule has 0 aliphatic carbocycles. The number of anilines is 1. The molecule has 3 heterocycles. The molecule has 0 saturated carbocycles. The van der Waals surface area contributed by atoms with Crippen molar-refractivity contribution in [3.8, 4) is 0 Å².